The van der Waals surface area contributed by atoms with Crippen LogP contribution in [0.4, 0.5) is 5.82 Å². The van der Waals surface area contributed by atoms with Crippen LogP contribution in [-0.4, -0.2) is 26.9 Å². The highest BCUT2D eigenvalue weighted by Gasteiger charge is 2.23. The number of anilines is 1. The van der Waals surface area contributed by atoms with E-state index < -0.39 is 0 Å². The summed E-state index contributed by atoms with van der Waals surface area (Å²) in [7, 11) is 0. The van der Waals surface area contributed by atoms with Crippen LogP contribution in [0.25, 0.3) is 11.0 Å². The maximum absolute atomic E-state index is 12.2. The number of carbonyl (C=O) groups excluding carboxylic acids is 1. The van der Waals surface area contributed by atoms with Gasteiger partial charge in [0.2, 0.25) is 5.91 Å². The van der Waals surface area contributed by atoms with E-state index in [2.05, 4.69) is 15.3 Å². The van der Waals surface area contributed by atoms with Crippen molar-refractivity contribution < 1.29 is 4.79 Å². The van der Waals surface area contributed by atoms with E-state index in [1.165, 1.54) is 6.42 Å². The topological polar surface area (TPSA) is 54.9 Å². The third-order valence-corrected chi connectivity index (χ3v) is 4.88. The molecule has 0 bridgehead atoms. The van der Waals surface area contributed by atoms with Gasteiger partial charge in [0.05, 0.1) is 16.3 Å². The van der Waals surface area contributed by atoms with Crippen molar-refractivity contribution in [3.63, 3.8) is 0 Å². The highest BCUT2D eigenvalue weighted by molar-refractivity contribution is 8.00. The van der Waals surface area contributed by atoms with Crippen LogP contribution in [-0.2, 0) is 4.79 Å². The van der Waals surface area contributed by atoms with E-state index in [1.807, 2.05) is 24.3 Å². The van der Waals surface area contributed by atoms with Crippen LogP contribution < -0.4 is 5.32 Å². The molecule has 2 aromatic rings. The summed E-state index contributed by atoms with van der Waals surface area (Å²) in [6.07, 6.45) is 3.20. The molecule has 0 spiro atoms. The van der Waals surface area contributed by atoms with Gasteiger partial charge in [-0.15, -0.1) is 11.8 Å². The fourth-order valence-electron chi connectivity index (χ4n) is 2.20. The first-order chi connectivity index (χ1) is 9.74. The molecular formula is C14H14ClN3OS. The third kappa shape index (κ3) is 2.88. The van der Waals surface area contributed by atoms with E-state index in [0.29, 0.717) is 5.82 Å². The van der Waals surface area contributed by atoms with E-state index in [1.54, 1.807) is 11.8 Å². The minimum absolute atomic E-state index is 0.00640. The molecule has 0 saturated carbocycles. The molecule has 0 radical (unpaired) electrons. The van der Waals surface area contributed by atoms with Crippen molar-refractivity contribution in [1.29, 1.82) is 0 Å². The summed E-state index contributed by atoms with van der Waals surface area (Å²) in [5.41, 5.74) is 1.45. The summed E-state index contributed by atoms with van der Waals surface area (Å²) >= 11 is 7.79. The van der Waals surface area contributed by atoms with Crippen LogP contribution in [0.2, 0.25) is 5.15 Å². The number of nitrogens with one attached hydrogen (secondary N) is 1. The Morgan fingerprint density at radius 1 is 1.25 bits per heavy atom. The number of amides is 1. The number of benzene rings is 1. The average molecular weight is 308 g/mol. The number of para-hydroxylation sites is 2. The maximum Gasteiger partial charge on any atom is 0.238 e. The molecule has 1 N–H and O–H groups in total. The maximum atomic E-state index is 12.2. The van der Waals surface area contributed by atoms with E-state index in [9.17, 15) is 4.79 Å². The highest BCUT2D eigenvalue weighted by atomic mass is 35.5. The van der Waals surface area contributed by atoms with Crippen LogP contribution in [0.3, 0.4) is 0 Å². The van der Waals surface area contributed by atoms with Crippen LogP contribution in [0.5, 0.6) is 0 Å². The SMILES string of the molecule is O=C(Nc1nc2ccccc2nc1Cl)C1CCCCS1. The lowest BCUT2D eigenvalue weighted by molar-refractivity contribution is -0.115. The molecule has 1 aliphatic rings. The zero-order valence-corrected chi connectivity index (χ0v) is 12.4. The van der Waals surface area contributed by atoms with Gasteiger partial charge in [0.15, 0.2) is 11.0 Å². The molecular weight excluding hydrogens is 294 g/mol. The van der Waals surface area contributed by atoms with Crippen molar-refractivity contribution >= 4 is 46.1 Å². The normalized spacial score (nSPS) is 18.9. The van der Waals surface area contributed by atoms with Gasteiger partial charge in [0, 0.05) is 0 Å². The van der Waals surface area contributed by atoms with Crippen LogP contribution in [0.1, 0.15) is 19.3 Å². The number of halogens is 1. The molecule has 1 aromatic carbocycles. The number of thioether (sulfide) groups is 1. The number of hydrogen-bond donors (Lipinski definition) is 1. The van der Waals surface area contributed by atoms with E-state index in [0.717, 1.165) is 29.6 Å². The Hall–Kier alpha value is -1.33. The number of fused-ring (bicyclic) bond motifs is 1. The van der Waals surface area contributed by atoms with Gasteiger partial charge >= 0.3 is 0 Å². The van der Waals surface area contributed by atoms with Gasteiger partial charge in [-0.25, -0.2) is 9.97 Å². The predicted molar refractivity (Wildman–Crippen MR) is 83.3 cm³/mol. The molecule has 1 amide bonds. The standard InChI is InChI=1S/C14H14ClN3OS/c15-12-13(17-10-6-2-1-5-9(10)16-12)18-14(19)11-7-3-4-8-20-11/h1-2,5-6,11H,3-4,7-8H2,(H,17,18,19). The number of nitrogens with zero attached hydrogens (tertiary/aromatic N) is 2. The Morgan fingerprint density at radius 3 is 2.70 bits per heavy atom. The van der Waals surface area contributed by atoms with Crippen molar-refractivity contribution in [3.05, 3.63) is 29.4 Å². The second kappa shape index (κ2) is 5.97. The summed E-state index contributed by atoms with van der Waals surface area (Å²) in [6.45, 7) is 0. The fraction of sp³-hybridized carbons (Fsp3) is 0.357. The van der Waals surface area contributed by atoms with Crippen molar-refractivity contribution in [2.45, 2.75) is 24.5 Å². The van der Waals surface area contributed by atoms with E-state index in [4.69, 9.17) is 11.6 Å². The minimum Gasteiger partial charge on any atom is -0.307 e. The number of hydrogen-bond acceptors (Lipinski definition) is 4. The number of aromatic nitrogens is 2. The lowest BCUT2D eigenvalue weighted by Crippen LogP contribution is -2.28. The van der Waals surface area contributed by atoms with Crippen molar-refractivity contribution in [2.75, 3.05) is 11.1 Å². The van der Waals surface area contributed by atoms with Crippen molar-refractivity contribution in [1.82, 2.24) is 9.97 Å². The Bertz CT molecular complexity index is 643. The molecule has 20 heavy (non-hydrogen) atoms. The quantitative estimate of drug-likeness (QED) is 0.922. The average Bonchev–Trinajstić information content (AvgIpc) is 2.49. The first kappa shape index (κ1) is 13.6. The van der Waals surface area contributed by atoms with Crippen LogP contribution in [0, 0.1) is 0 Å². The third-order valence-electron chi connectivity index (χ3n) is 3.24. The van der Waals surface area contributed by atoms with Gasteiger partial charge in [0.25, 0.3) is 0 Å². The molecule has 3 rings (SSSR count). The Balaban J connectivity index is 1.82. The summed E-state index contributed by atoms with van der Waals surface area (Å²) < 4.78 is 0. The molecule has 1 aliphatic heterocycles. The lowest BCUT2D eigenvalue weighted by Gasteiger charge is -2.20. The molecule has 1 atom stereocenters. The molecule has 2 heterocycles. The molecule has 1 unspecified atom stereocenters. The highest BCUT2D eigenvalue weighted by Crippen LogP contribution is 2.27. The molecule has 1 saturated heterocycles. The number of carbonyl (C=O) groups is 1. The zero-order valence-electron chi connectivity index (χ0n) is 10.8. The van der Waals surface area contributed by atoms with Gasteiger partial charge < -0.3 is 5.32 Å². The van der Waals surface area contributed by atoms with Crippen LogP contribution in [0.15, 0.2) is 24.3 Å². The molecule has 1 fully saturated rings. The first-order valence-corrected chi connectivity index (χ1v) is 8.01. The second-order valence-electron chi connectivity index (χ2n) is 4.70. The lowest BCUT2D eigenvalue weighted by atomic mass is 10.2. The Labute approximate surface area is 126 Å². The molecule has 6 heteroatoms. The van der Waals surface area contributed by atoms with Gasteiger partial charge in [-0.1, -0.05) is 30.2 Å². The van der Waals surface area contributed by atoms with Gasteiger partial charge in [0.1, 0.15) is 0 Å². The Morgan fingerprint density at radius 2 is 2.00 bits per heavy atom. The monoisotopic (exact) mass is 307 g/mol. The molecule has 1 aromatic heterocycles. The van der Waals surface area contributed by atoms with Gasteiger partial charge in [-0.3, -0.25) is 4.79 Å². The summed E-state index contributed by atoms with van der Waals surface area (Å²) in [6, 6.07) is 7.46. The van der Waals surface area contributed by atoms with Crippen molar-refractivity contribution in [2.24, 2.45) is 0 Å². The summed E-state index contributed by atoms with van der Waals surface area (Å²) in [4.78, 5) is 20.8. The molecule has 104 valence electrons. The number of rotatable bonds is 2. The first-order valence-electron chi connectivity index (χ1n) is 6.59. The minimum atomic E-state index is -0.0267. The zero-order chi connectivity index (χ0) is 13.9. The Kier molecular flexibility index (Phi) is 4.08. The van der Waals surface area contributed by atoms with Gasteiger partial charge in [-0.05, 0) is 30.7 Å². The van der Waals surface area contributed by atoms with Crippen molar-refractivity contribution in [3.8, 4) is 0 Å². The smallest absolute Gasteiger partial charge is 0.238 e. The summed E-state index contributed by atoms with van der Waals surface area (Å²) in [5, 5.41) is 3.03. The van der Waals surface area contributed by atoms with Crippen LogP contribution >= 0.6 is 23.4 Å². The van der Waals surface area contributed by atoms with Gasteiger partial charge in [-0.2, -0.15) is 0 Å². The molecule has 4 nitrogen and oxygen atoms in total. The summed E-state index contributed by atoms with van der Waals surface area (Å²) in [5.74, 6) is 1.36. The van der Waals surface area contributed by atoms with E-state index in [-0.39, 0.29) is 16.3 Å². The molecule has 0 aliphatic carbocycles. The largest absolute Gasteiger partial charge is 0.307 e. The second-order valence-corrected chi connectivity index (χ2v) is 6.36. The van der Waals surface area contributed by atoms with E-state index >= 15 is 0 Å². The predicted octanol–water partition coefficient (Wildman–Crippen LogP) is 3.51. The fourth-order valence-corrected chi connectivity index (χ4v) is 3.58.